The number of benzene rings is 1. The van der Waals surface area contributed by atoms with E-state index in [2.05, 4.69) is 4.98 Å². The van der Waals surface area contributed by atoms with Gasteiger partial charge in [0.1, 0.15) is 6.54 Å². The number of carbonyl (C=O) groups is 3. The van der Waals surface area contributed by atoms with Crippen molar-refractivity contribution in [2.75, 3.05) is 6.54 Å². The number of nitrogens with zero attached hydrogens (tertiary/aromatic N) is 1. The standard InChI is InChI=1S/C18H20N2O4/c1-3-12(2)20(11-16(21)22)18(24)14-6-4-13(5-7-14)17(23)15-8-9-19-10-15/h4-10,12,19H,3,11H2,1-2H3,(H,21,22). The molecule has 126 valence electrons. The lowest BCUT2D eigenvalue weighted by Gasteiger charge is -2.27. The van der Waals surface area contributed by atoms with Gasteiger partial charge in [-0.2, -0.15) is 0 Å². The van der Waals surface area contributed by atoms with Crippen molar-refractivity contribution in [3.8, 4) is 0 Å². The van der Waals surface area contributed by atoms with E-state index in [9.17, 15) is 14.4 Å². The van der Waals surface area contributed by atoms with Crippen molar-refractivity contribution < 1.29 is 19.5 Å². The molecule has 0 aliphatic rings. The summed E-state index contributed by atoms with van der Waals surface area (Å²) in [7, 11) is 0. The third kappa shape index (κ3) is 3.90. The molecule has 0 fully saturated rings. The molecule has 1 unspecified atom stereocenters. The van der Waals surface area contributed by atoms with Crippen LogP contribution in [0.3, 0.4) is 0 Å². The first-order valence-corrected chi connectivity index (χ1v) is 7.74. The molecule has 1 amide bonds. The molecule has 1 heterocycles. The molecule has 2 aromatic rings. The van der Waals surface area contributed by atoms with Crippen LogP contribution in [0.25, 0.3) is 0 Å². The predicted octanol–water partition coefficient (Wildman–Crippen LogP) is 2.57. The van der Waals surface area contributed by atoms with E-state index in [1.165, 1.54) is 4.90 Å². The normalized spacial score (nSPS) is 11.8. The van der Waals surface area contributed by atoms with Crippen LogP contribution in [0, 0.1) is 0 Å². The Kier molecular flexibility index (Phi) is 5.52. The van der Waals surface area contributed by atoms with Gasteiger partial charge in [0.2, 0.25) is 0 Å². The fraction of sp³-hybridized carbons (Fsp3) is 0.278. The van der Waals surface area contributed by atoms with Crippen LogP contribution in [-0.2, 0) is 4.79 Å². The van der Waals surface area contributed by atoms with E-state index in [0.717, 1.165) is 0 Å². The summed E-state index contributed by atoms with van der Waals surface area (Å²) in [5, 5.41) is 9.01. The number of carboxylic acid groups (broad SMARTS) is 1. The van der Waals surface area contributed by atoms with Gasteiger partial charge in [-0.25, -0.2) is 0 Å². The summed E-state index contributed by atoms with van der Waals surface area (Å²) in [6, 6.07) is 7.77. The Morgan fingerprint density at radius 1 is 1.08 bits per heavy atom. The first-order chi connectivity index (χ1) is 11.4. The molecule has 0 spiro atoms. The maximum Gasteiger partial charge on any atom is 0.323 e. The number of nitrogens with one attached hydrogen (secondary N) is 1. The maximum atomic E-state index is 12.6. The van der Waals surface area contributed by atoms with E-state index in [4.69, 9.17) is 5.11 Å². The van der Waals surface area contributed by atoms with Crippen molar-refractivity contribution in [2.45, 2.75) is 26.3 Å². The average molecular weight is 328 g/mol. The summed E-state index contributed by atoms with van der Waals surface area (Å²) in [5.74, 6) is -1.55. The first-order valence-electron chi connectivity index (χ1n) is 7.74. The fourth-order valence-corrected chi connectivity index (χ4v) is 2.36. The number of aromatic nitrogens is 1. The molecule has 6 heteroatoms. The highest BCUT2D eigenvalue weighted by molar-refractivity contribution is 6.09. The summed E-state index contributed by atoms with van der Waals surface area (Å²) < 4.78 is 0. The van der Waals surface area contributed by atoms with Crippen LogP contribution >= 0.6 is 0 Å². The van der Waals surface area contributed by atoms with Crippen LogP contribution in [0.4, 0.5) is 0 Å². The number of amides is 1. The highest BCUT2D eigenvalue weighted by atomic mass is 16.4. The van der Waals surface area contributed by atoms with Gasteiger partial charge in [-0.1, -0.05) is 19.1 Å². The topological polar surface area (TPSA) is 90.5 Å². The fourth-order valence-electron chi connectivity index (χ4n) is 2.36. The largest absolute Gasteiger partial charge is 0.480 e. The molecule has 0 saturated carbocycles. The quantitative estimate of drug-likeness (QED) is 0.764. The monoisotopic (exact) mass is 328 g/mol. The highest BCUT2D eigenvalue weighted by Crippen LogP contribution is 2.14. The van der Waals surface area contributed by atoms with Crippen LogP contribution in [0.1, 0.15) is 46.5 Å². The van der Waals surface area contributed by atoms with E-state index in [0.29, 0.717) is 23.1 Å². The Balaban J connectivity index is 2.20. The predicted molar refractivity (Wildman–Crippen MR) is 89.1 cm³/mol. The Hall–Kier alpha value is -2.89. The number of carboxylic acids is 1. The molecule has 0 radical (unpaired) electrons. The van der Waals surface area contributed by atoms with Gasteiger partial charge in [0.05, 0.1) is 0 Å². The third-order valence-electron chi connectivity index (χ3n) is 3.94. The number of H-pyrrole nitrogens is 1. The van der Waals surface area contributed by atoms with Gasteiger partial charge >= 0.3 is 5.97 Å². The molecule has 0 bridgehead atoms. The minimum atomic E-state index is -1.05. The van der Waals surface area contributed by atoms with E-state index in [1.807, 2.05) is 13.8 Å². The number of aliphatic carboxylic acids is 1. The zero-order valence-corrected chi connectivity index (χ0v) is 13.7. The molecule has 0 aliphatic heterocycles. The summed E-state index contributed by atoms with van der Waals surface area (Å²) in [5.41, 5.74) is 1.38. The first kappa shape index (κ1) is 17.5. The summed E-state index contributed by atoms with van der Waals surface area (Å²) in [6.45, 7) is 3.36. The lowest BCUT2D eigenvalue weighted by atomic mass is 10.0. The maximum absolute atomic E-state index is 12.6. The van der Waals surface area contributed by atoms with Gasteiger partial charge in [0.15, 0.2) is 5.78 Å². The molecule has 2 N–H and O–H groups in total. The van der Waals surface area contributed by atoms with Gasteiger partial charge in [-0.3, -0.25) is 14.4 Å². The van der Waals surface area contributed by atoms with Gasteiger partial charge in [-0.15, -0.1) is 0 Å². The molecule has 0 aliphatic carbocycles. The Bertz CT molecular complexity index is 720. The lowest BCUT2D eigenvalue weighted by molar-refractivity contribution is -0.138. The summed E-state index contributed by atoms with van der Waals surface area (Å²) >= 11 is 0. The molecule has 1 aromatic heterocycles. The van der Waals surface area contributed by atoms with Crippen molar-refractivity contribution in [1.29, 1.82) is 0 Å². The zero-order valence-electron chi connectivity index (χ0n) is 13.7. The number of hydrogen-bond donors (Lipinski definition) is 2. The molecular weight excluding hydrogens is 308 g/mol. The smallest absolute Gasteiger partial charge is 0.323 e. The SMILES string of the molecule is CCC(C)N(CC(=O)O)C(=O)c1ccc(C(=O)c2cc[nH]c2)cc1. The summed E-state index contributed by atoms with van der Waals surface area (Å²) in [6.07, 6.45) is 3.93. The van der Waals surface area contributed by atoms with Crippen LogP contribution < -0.4 is 0 Å². The van der Waals surface area contributed by atoms with Crippen molar-refractivity contribution in [2.24, 2.45) is 0 Å². The zero-order chi connectivity index (χ0) is 17.7. The minimum Gasteiger partial charge on any atom is -0.480 e. The van der Waals surface area contributed by atoms with Crippen LogP contribution in [0.15, 0.2) is 42.7 Å². The minimum absolute atomic E-state index is 0.139. The molecule has 24 heavy (non-hydrogen) atoms. The number of aromatic amines is 1. The molecule has 1 aromatic carbocycles. The number of rotatable bonds is 7. The Morgan fingerprint density at radius 2 is 1.71 bits per heavy atom. The second-order valence-electron chi connectivity index (χ2n) is 5.59. The van der Waals surface area contributed by atoms with E-state index in [-0.39, 0.29) is 24.3 Å². The van der Waals surface area contributed by atoms with Gasteiger partial charge in [-0.05, 0) is 31.5 Å². The second kappa shape index (κ2) is 7.59. The van der Waals surface area contributed by atoms with Gasteiger partial charge in [0.25, 0.3) is 5.91 Å². The summed E-state index contributed by atoms with van der Waals surface area (Å²) in [4.78, 5) is 39.9. The average Bonchev–Trinajstić information content (AvgIpc) is 3.12. The molecule has 6 nitrogen and oxygen atoms in total. The highest BCUT2D eigenvalue weighted by Gasteiger charge is 2.23. The molecule has 2 rings (SSSR count). The van der Waals surface area contributed by atoms with Crippen molar-refractivity contribution in [3.05, 3.63) is 59.4 Å². The van der Waals surface area contributed by atoms with Gasteiger partial charge in [0, 0.05) is 35.1 Å². The van der Waals surface area contributed by atoms with Crippen molar-refractivity contribution in [3.63, 3.8) is 0 Å². The molecule has 0 saturated heterocycles. The van der Waals surface area contributed by atoms with Gasteiger partial charge < -0.3 is 15.0 Å². The third-order valence-corrected chi connectivity index (χ3v) is 3.94. The van der Waals surface area contributed by atoms with E-state index < -0.39 is 5.97 Å². The van der Waals surface area contributed by atoms with Crippen LogP contribution in [-0.4, -0.2) is 45.2 Å². The van der Waals surface area contributed by atoms with Crippen molar-refractivity contribution in [1.82, 2.24) is 9.88 Å². The Labute approximate surface area is 140 Å². The van der Waals surface area contributed by atoms with Crippen LogP contribution in [0.2, 0.25) is 0 Å². The van der Waals surface area contributed by atoms with E-state index >= 15 is 0 Å². The molecule has 1 atom stereocenters. The number of ketones is 1. The lowest BCUT2D eigenvalue weighted by Crippen LogP contribution is -2.41. The Morgan fingerprint density at radius 3 is 2.21 bits per heavy atom. The number of carbonyl (C=O) groups excluding carboxylic acids is 2. The second-order valence-corrected chi connectivity index (χ2v) is 5.59. The molecular formula is C18H20N2O4. The number of hydrogen-bond acceptors (Lipinski definition) is 3. The van der Waals surface area contributed by atoms with E-state index in [1.54, 1.807) is 42.7 Å². The van der Waals surface area contributed by atoms with Crippen LogP contribution in [0.5, 0.6) is 0 Å². The van der Waals surface area contributed by atoms with Crippen molar-refractivity contribution >= 4 is 17.7 Å².